The first-order chi connectivity index (χ1) is 5.61. The molecule has 2 unspecified atom stereocenters. The van der Waals surface area contributed by atoms with E-state index in [2.05, 4.69) is 10.6 Å². The van der Waals surface area contributed by atoms with Crippen molar-refractivity contribution in [1.29, 1.82) is 0 Å². The van der Waals surface area contributed by atoms with Crippen LogP contribution in [0.1, 0.15) is 13.3 Å². The van der Waals surface area contributed by atoms with E-state index in [0.717, 1.165) is 0 Å². The van der Waals surface area contributed by atoms with E-state index in [9.17, 15) is 9.59 Å². The van der Waals surface area contributed by atoms with Gasteiger partial charge in [0, 0.05) is 6.54 Å². The van der Waals surface area contributed by atoms with Gasteiger partial charge in [-0.15, -0.1) is 0 Å². The zero-order valence-electron chi connectivity index (χ0n) is 6.96. The molecule has 1 aliphatic heterocycles. The molecule has 1 saturated heterocycles. The second-order valence-electron chi connectivity index (χ2n) is 2.93. The van der Waals surface area contributed by atoms with Gasteiger partial charge in [0.2, 0.25) is 11.8 Å². The van der Waals surface area contributed by atoms with Gasteiger partial charge in [-0.1, -0.05) is 0 Å². The highest BCUT2D eigenvalue weighted by Gasteiger charge is 2.26. The molecular formula is C7H13N3O2. The molecule has 0 aromatic rings. The smallest absolute Gasteiger partial charge is 0.242 e. The molecule has 0 radical (unpaired) electrons. The molecule has 2 amide bonds. The number of hydrogen-bond acceptors (Lipinski definition) is 3. The Morgan fingerprint density at radius 1 is 1.83 bits per heavy atom. The molecule has 1 heterocycles. The molecule has 5 nitrogen and oxygen atoms in total. The Balaban J connectivity index is 2.40. The lowest BCUT2D eigenvalue weighted by Crippen LogP contribution is -2.46. The molecule has 12 heavy (non-hydrogen) atoms. The Labute approximate surface area is 70.7 Å². The summed E-state index contributed by atoms with van der Waals surface area (Å²) in [5, 5.41) is 5.17. The third kappa shape index (κ3) is 1.94. The minimum atomic E-state index is -0.557. The molecule has 1 aliphatic rings. The Morgan fingerprint density at radius 3 is 2.92 bits per heavy atom. The van der Waals surface area contributed by atoms with E-state index in [-0.39, 0.29) is 17.9 Å². The minimum Gasteiger partial charge on any atom is -0.354 e. The predicted octanol–water partition coefficient (Wildman–Crippen LogP) is -1.66. The lowest BCUT2D eigenvalue weighted by atomic mass is 10.2. The quantitative estimate of drug-likeness (QED) is 0.465. The first-order valence-corrected chi connectivity index (χ1v) is 3.95. The number of amides is 2. The molecule has 0 bridgehead atoms. The summed E-state index contributed by atoms with van der Waals surface area (Å²) in [5.74, 6) is -0.402. The van der Waals surface area contributed by atoms with Crippen LogP contribution in [-0.4, -0.2) is 30.4 Å². The van der Waals surface area contributed by atoms with Crippen molar-refractivity contribution in [3.63, 3.8) is 0 Å². The minimum absolute atomic E-state index is 0.121. The van der Waals surface area contributed by atoms with E-state index in [1.54, 1.807) is 6.92 Å². The number of hydrogen-bond donors (Lipinski definition) is 3. The largest absolute Gasteiger partial charge is 0.354 e. The summed E-state index contributed by atoms with van der Waals surface area (Å²) in [6.45, 7) is 2.21. The van der Waals surface area contributed by atoms with E-state index in [1.165, 1.54) is 0 Å². The molecule has 4 N–H and O–H groups in total. The Hall–Kier alpha value is -1.10. The molecule has 0 aliphatic carbocycles. The SMILES string of the molecule is CC(N)C(=O)NC1CCNC1=O. The summed E-state index contributed by atoms with van der Waals surface area (Å²) in [6, 6.07) is -0.943. The maximum atomic E-state index is 11.0. The summed E-state index contributed by atoms with van der Waals surface area (Å²) in [6.07, 6.45) is 0.650. The van der Waals surface area contributed by atoms with Crippen molar-refractivity contribution in [2.75, 3.05) is 6.54 Å². The van der Waals surface area contributed by atoms with Crippen molar-refractivity contribution in [1.82, 2.24) is 10.6 Å². The Morgan fingerprint density at radius 2 is 2.50 bits per heavy atom. The summed E-state index contributed by atoms with van der Waals surface area (Å²) in [4.78, 5) is 22.0. The molecule has 1 rings (SSSR count). The van der Waals surface area contributed by atoms with Gasteiger partial charge in [0.25, 0.3) is 0 Å². The van der Waals surface area contributed by atoms with Crippen molar-refractivity contribution in [2.45, 2.75) is 25.4 Å². The summed E-state index contributed by atoms with van der Waals surface area (Å²) >= 11 is 0. The standard InChI is InChI=1S/C7H13N3O2/c1-4(8)6(11)10-5-2-3-9-7(5)12/h4-5H,2-3,8H2,1H3,(H,9,12)(H,10,11). The maximum absolute atomic E-state index is 11.0. The van der Waals surface area contributed by atoms with Crippen molar-refractivity contribution in [3.05, 3.63) is 0 Å². The van der Waals surface area contributed by atoms with Crippen LogP contribution in [0.3, 0.4) is 0 Å². The van der Waals surface area contributed by atoms with Gasteiger partial charge in [0.15, 0.2) is 0 Å². The van der Waals surface area contributed by atoms with E-state index >= 15 is 0 Å². The second kappa shape index (κ2) is 3.53. The molecular weight excluding hydrogens is 158 g/mol. The zero-order valence-corrected chi connectivity index (χ0v) is 6.96. The first-order valence-electron chi connectivity index (χ1n) is 3.95. The average molecular weight is 171 g/mol. The van der Waals surface area contributed by atoms with Crippen LogP contribution in [0.25, 0.3) is 0 Å². The molecule has 0 spiro atoms. The zero-order chi connectivity index (χ0) is 9.14. The Bertz CT molecular complexity index is 203. The van der Waals surface area contributed by atoms with Crippen LogP contribution in [0, 0.1) is 0 Å². The fourth-order valence-electron chi connectivity index (χ4n) is 1.03. The third-order valence-electron chi connectivity index (χ3n) is 1.78. The number of carbonyl (C=O) groups excluding carboxylic acids is 2. The van der Waals surface area contributed by atoms with Gasteiger partial charge >= 0.3 is 0 Å². The number of nitrogens with one attached hydrogen (secondary N) is 2. The number of rotatable bonds is 2. The number of carbonyl (C=O) groups is 2. The van der Waals surface area contributed by atoms with Crippen LogP contribution in [0.5, 0.6) is 0 Å². The predicted molar refractivity (Wildman–Crippen MR) is 43.2 cm³/mol. The third-order valence-corrected chi connectivity index (χ3v) is 1.78. The van der Waals surface area contributed by atoms with Crippen LogP contribution < -0.4 is 16.4 Å². The topological polar surface area (TPSA) is 84.2 Å². The first kappa shape index (κ1) is 8.99. The lowest BCUT2D eigenvalue weighted by Gasteiger charge is -2.11. The van der Waals surface area contributed by atoms with E-state index in [0.29, 0.717) is 13.0 Å². The highest BCUT2D eigenvalue weighted by Crippen LogP contribution is 1.98. The van der Waals surface area contributed by atoms with Gasteiger partial charge in [0.1, 0.15) is 6.04 Å². The van der Waals surface area contributed by atoms with Crippen molar-refractivity contribution in [3.8, 4) is 0 Å². The molecule has 1 fully saturated rings. The van der Waals surface area contributed by atoms with Gasteiger partial charge in [0.05, 0.1) is 6.04 Å². The van der Waals surface area contributed by atoms with E-state index < -0.39 is 6.04 Å². The van der Waals surface area contributed by atoms with Crippen molar-refractivity contribution >= 4 is 11.8 Å². The molecule has 0 aromatic heterocycles. The maximum Gasteiger partial charge on any atom is 0.242 e. The molecule has 68 valence electrons. The Kier molecular flexibility index (Phi) is 2.65. The molecule has 2 atom stereocenters. The number of nitrogens with two attached hydrogens (primary N) is 1. The highest BCUT2D eigenvalue weighted by molar-refractivity contribution is 5.90. The monoisotopic (exact) mass is 171 g/mol. The summed E-state index contributed by atoms with van der Waals surface area (Å²) < 4.78 is 0. The van der Waals surface area contributed by atoms with Gasteiger partial charge in [-0.25, -0.2) is 0 Å². The van der Waals surface area contributed by atoms with Crippen molar-refractivity contribution < 1.29 is 9.59 Å². The van der Waals surface area contributed by atoms with Crippen LogP contribution in [-0.2, 0) is 9.59 Å². The van der Waals surface area contributed by atoms with Gasteiger partial charge < -0.3 is 16.4 Å². The fourth-order valence-corrected chi connectivity index (χ4v) is 1.03. The van der Waals surface area contributed by atoms with Crippen LogP contribution in [0.2, 0.25) is 0 Å². The van der Waals surface area contributed by atoms with E-state index in [1.807, 2.05) is 0 Å². The summed E-state index contributed by atoms with van der Waals surface area (Å²) in [7, 11) is 0. The van der Waals surface area contributed by atoms with Gasteiger partial charge in [-0.2, -0.15) is 0 Å². The van der Waals surface area contributed by atoms with Gasteiger partial charge in [-0.05, 0) is 13.3 Å². The molecule has 0 saturated carbocycles. The molecule has 0 aromatic carbocycles. The highest BCUT2D eigenvalue weighted by atomic mass is 16.2. The van der Waals surface area contributed by atoms with Gasteiger partial charge in [-0.3, -0.25) is 9.59 Å². The lowest BCUT2D eigenvalue weighted by molar-refractivity contribution is -0.127. The average Bonchev–Trinajstić information content (AvgIpc) is 2.36. The normalized spacial score (nSPS) is 24.8. The summed E-state index contributed by atoms with van der Waals surface area (Å²) in [5.41, 5.74) is 5.32. The molecule has 5 heteroatoms. The van der Waals surface area contributed by atoms with Crippen LogP contribution in [0.4, 0.5) is 0 Å². The fraction of sp³-hybridized carbons (Fsp3) is 0.714. The van der Waals surface area contributed by atoms with E-state index in [4.69, 9.17) is 5.73 Å². The second-order valence-corrected chi connectivity index (χ2v) is 2.93. The van der Waals surface area contributed by atoms with Crippen molar-refractivity contribution in [2.24, 2.45) is 5.73 Å². The van der Waals surface area contributed by atoms with Crippen LogP contribution in [0.15, 0.2) is 0 Å². The van der Waals surface area contributed by atoms with Crippen LogP contribution >= 0.6 is 0 Å².